The highest BCUT2D eigenvalue weighted by atomic mass is 16.3. The van der Waals surface area contributed by atoms with Crippen LogP contribution in [-0.4, -0.2) is 28.6 Å². The van der Waals surface area contributed by atoms with Gasteiger partial charge in [0.1, 0.15) is 0 Å². The lowest BCUT2D eigenvalue weighted by atomic mass is 9.87. The van der Waals surface area contributed by atoms with Crippen LogP contribution in [0.5, 0.6) is 0 Å². The third-order valence-corrected chi connectivity index (χ3v) is 3.50. The minimum absolute atomic E-state index is 0.0580. The normalized spacial score (nSPS) is 23.7. The van der Waals surface area contributed by atoms with Gasteiger partial charge in [-0.05, 0) is 50.2 Å². The number of nitrogens with one attached hydrogen (secondary N) is 1. The van der Waals surface area contributed by atoms with Gasteiger partial charge in [0.05, 0.1) is 11.7 Å². The molecule has 1 aromatic rings. The number of rotatable bonds is 3. The molecule has 0 radical (unpaired) electrons. The summed E-state index contributed by atoms with van der Waals surface area (Å²) in [4.78, 5) is 15.9. The van der Waals surface area contributed by atoms with Crippen molar-refractivity contribution >= 4 is 5.91 Å². The van der Waals surface area contributed by atoms with E-state index in [1.807, 2.05) is 13.0 Å². The van der Waals surface area contributed by atoms with E-state index in [-0.39, 0.29) is 12.0 Å². The van der Waals surface area contributed by atoms with Crippen molar-refractivity contribution in [1.29, 1.82) is 0 Å². The number of aromatic nitrogens is 1. The molecule has 0 saturated heterocycles. The first kappa shape index (κ1) is 13.0. The van der Waals surface area contributed by atoms with Gasteiger partial charge in [0.25, 0.3) is 5.91 Å². The summed E-state index contributed by atoms with van der Waals surface area (Å²) in [5.41, 5.74) is 1.61. The van der Waals surface area contributed by atoms with Gasteiger partial charge in [-0.2, -0.15) is 0 Å². The minimum Gasteiger partial charge on any atom is -0.393 e. The van der Waals surface area contributed by atoms with Gasteiger partial charge >= 0.3 is 0 Å². The predicted molar refractivity (Wildman–Crippen MR) is 69.3 cm³/mol. The Labute approximate surface area is 107 Å². The molecule has 0 atom stereocenters. The number of hydrogen-bond acceptors (Lipinski definition) is 3. The van der Waals surface area contributed by atoms with Gasteiger partial charge in [0.15, 0.2) is 0 Å². The van der Waals surface area contributed by atoms with Gasteiger partial charge in [-0.1, -0.05) is 0 Å². The molecular formula is C14H20N2O2. The molecular weight excluding hydrogens is 228 g/mol. The molecule has 1 aliphatic carbocycles. The highest BCUT2D eigenvalue weighted by Crippen LogP contribution is 2.23. The van der Waals surface area contributed by atoms with Crippen molar-refractivity contribution in [2.45, 2.75) is 38.7 Å². The van der Waals surface area contributed by atoms with Crippen LogP contribution in [0.3, 0.4) is 0 Å². The van der Waals surface area contributed by atoms with Crippen LogP contribution >= 0.6 is 0 Å². The van der Waals surface area contributed by atoms with Crippen molar-refractivity contribution in [3.8, 4) is 0 Å². The zero-order chi connectivity index (χ0) is 13.0. The molecule has 1 amide bonds. The number of amides is 1. The van der Waals surface area contributed by atoms with Gasteiger partial charge in [-0.3, -0.25) is 9.78 Å². The molecule has 18 heavy (non-hydrogen) atoms. The topological polar surface area (TPSA) is 62.2 Å². The van der Waals surface area contributed by atoms with Crippen LogP contribution < -0.4 is 5.32 Å². The number of aliphatic hydroxyl groups is 1. The van der Waals surface area contributed by atoms with E-state index in [1.165, 1.54) is 0 Å². The number of nitrogens with zero attached hydrogens (tertiary/aromatic N) is 1. The summed E-state index contributed by atoms with van der Waals surface area (Å²) in [6.45, 7) is 2.62. The summed E-state index contributed by atoms with van der Waals surface area (Å²) in [6.07, 6.45) is 6.88. The SMILES string of the molecule is Cc1cncc(C(=O)NCC2CCC(O)CC2)c1. The van der Waals surface area contributed by atoms with Crippen molar-refractivity contribution < 1.29 is 9.90 Å². The van der Waals surface area contributed by atoms with Crippen LogP contribution in [0.4, 0.5) is 0 Å². The summed E-state index contributed by atoms with van der Waals surface area (Å²) in [6, 6.07) is 1.84. The maximum atomic E-state index is 11.9. The molecule has 1 saturated carbocycles. The molecule has 0 unspecified atom stereocenters. The molecule has 0 bridgehead atoms. The molecule has 0 aromatic carbocycles. The van der Waals surface area contributed by atoms with E-state index in [4.69, 9.17) is 0 Å². The molecule has 0 spiro atoms. The van der Waals surface area contributed by atoms with Crippen LogP contribution in [0.15, 0.2) is 18.5 Å². The molecule has 0 aliphatic heterocycles. The zero-order valence-corrected chi connectivity index (χ0v) is 10.7. The van der Waals surface area contributed by atoms with Gasteiger partial charge in [-0.15, -0.1) is 0 Å². The highest BCUT2D eigenvalue weighted by molar-refractivity contribution is 5.93. The summed E-state index contributed by atoms with van der Waals surface area (Å²) < 4.78 is 0. The van der Waals surface area contributed by atoms with Crippen molar-refractivity contribution in [1.82, 2.24) is 10.3 Å². The third-order valence-electron chi connectivity index (χ3n) is 3.50. The maximum Gasteiger partial charge on any atom is 0.252 e. The van der Waals surface area contributed by atoms with Gasteiger partial charge in [0, 0.05) is 18.9 Å². The Kier molecular flexibility index (Phi) is 4.31. The monoisotopic (exact) mass is 248 g/mol. The fourth-order valence-corrected chi connectivity index (χ4v) is 2.37. The van der Waals surface area contributed by atoms with Crippen molar-refractivity contribution in [2.24, 2.45) is 5.92 Å². The second kappa shape index (κ2) is 5.96. The Morgan fingerprint density at radius 2 is 2.11 bits per heavy atom. The Hall–Kier alpha value is -1.42. The van der Waals surface area contributed by atoms with Crippen LogP contribution in [0, 0.1) is 12.8 Å². The van der Waals surface area contributed by atoms with Crippen molar-refractivity contribution in [3.05, 3.63) is 29.6 Å². The second-order valence-electron chi connectivity index (χ2n) is 5.14. The first-order chi connectivity index (χ1) is 8.65. The van der Waals surface area contributed by atoms with E-state index in [0.717, 1.165) is 31.2 Å². The third kappa shape index (κ3) is 3.53. The van der Waals surface area contributed by atoms with E-state index in [1.54, 1.807) is 12.4 Å². The number of carbonyl (C=O) groups is 1. The lowest BCUT2D eigenvalue weighted by Crippen LogP contribution is -2.32. The molecule has 1 fully saturated rings. The number of pyridine rings is 1. The van der Waals surface area contributed by atoms with E-state index in [2.05, 4.69) is 10.3 Å². The largest absolute Gasteiger partial charge is 0.393 e. The minimum atomic E-state index is -0.141. The van der Waals surface area contributed by atoms with Crippen LogP contribution in [0.1, 0.15) is 41.6 Å². The molecule has 2 N–H and O–H groups in total. The summed E-state index contributed by atoms with van der Waals surface area (Å²) in [5, 5.41) is 12.4. The Balaban J connectivity index is 1.81. The molecule has 4 nitrogen and oxygen atoms in total. The van der Waals surface area contributed by atoms with Gasteiger partial charge < -0.3 is 10.4 Å². The predicted octanol–water partition coefficient (Wildman–Crippen LogP) is 1.67. The molecule has 1 aliphatic rings. The van der Waals surface area contributed by atoms with Crippen LogP contribution in [-0.2, 0) is 0 Å². The zero-order valence-electron chi connectivity index (χ0n) is 10.7. The lowest BCUT2D eigenvalue weighted by molar-refractivity contribution is 0.0910. The first-order valence-corrected chi connectivity index (χ1v) is 6.53. The molecule has 98 valence electrons. The van der Waals surface area contributed by atoms with Crippen LogP contribution in [0.25, 0.3) is 0 Å². The van der Waals surface area contributed by atoms with Gasteiger partial charge in [-0.25, -0.2) is 0 Å². The van der Waals surface area contributed by atoms with E-state index >= 15 is 0 Å². The number of aliphatic hydroxyl groups excluding tert-OH is 1. The molecule has 1 heterocycles. The highest BCUT2D eigenvalue weighted by Gasteiger charge is 2.19. The Morgan fingerprint density at radius 3 is 2.78 bits per heavy atom. The fraction of sp³-hybridized carbons (Fsp3) is 0.571. The van der Waals surface area contributed by atoms with E-state index < -0.39 is 0 Å². The van der Waals surface area contributed by atoms with Crippen molar-refractivity contribution in [2.75, 3.05) is 6.54 Å². The quantitative estimate of drug-likeness (QED) is 0.855. The Morgan fingerprint density at radius 1 is 1.39 bits per heavy atom. The van der Waals surface area contributed by atoms with Crippen LogP contribution in [0.2, 0.25) is 0 Å². The van der Waals surface area contributed by atoms with Crippen molar-refractivity contribution in [3.63, 3.8) is 0 Å². The maximum absolute atomic E-state index is 11.9. The Bertz CT molecular complexity index is 412. The van der Waals surface area contributed by atoms with Gasteiger partial charge in [0.2, 0.25) is 0 Å². The number of carbonyl (C=O) groups excluding carboxylic acids is 1. The molecule has 2 rings (SSSR count). The molecule has 1 aromatic heterocycles. The fourth-order valence-electron chi connectivity index (χ4n) is 2.37. The number of aryl methyl sites for hydroxylation is 1. The first-order valence-electron chi connectivity index (χ1n) is 6.53. The average molecular weight is 248 g/mol. The number of hydrogen-bond donors (Lipinski definition) is 2. The standard InChI is InChI=1S/C14H20N2O2/c1-10-6-12(9-15-7-10)14(18)16-8-11-2-4-13(17)5-3-11/h6-7,9,11,13,17H,2-5,8H2,1H3,(H,16,18). The summed E-state index contributed by atoms with van der Waals surface area (Å²) >= 11 is 0. The molecule has 4 heteroatoms. The second-order valence-corrected chi connectivity index (χ2v) is 5.14. The lowest BCUT2D eigenvalue weighted by Gasteiger charge is -2.25. The average Bonchev–Trinajstić information content (AvgIpc) is 2.38. The summed E-state index contributed by atoms with van der Waals surface area (Å²) in [7, 11) is 0. The van der Waals surface area contributed by atoms with E-state index in [0.29, 0.717) is 18.0 Å². The summed E-state index contributed by atoms with van der Waals surface area (Å²) in [5.74, 6) is 0.437. The van der Waals surface area contributed by atoms with E-state index in [9.17, 15) is 9.90 Å². The smallest absolute Gasteiger partial charge is 0.252 e.